The number of benzene rings is 2. The molecular formula is C19H16Cl3N3O3S. The van der Waals surface area contributed by atoms with Gasteiger partial charge >= 0.3 is 0 Å². The van der Waals surface area contributed by atoms with Gasteiger partial charge in [0.15, 0.2) is 6.10 Å². The minimum Gasteiger partial charge on any atom is -0.479 e. The van der Waals surface area contributed by atoms with Crippen molar-refractivity contribution in [3.8, 4) is 5.75 Å². The van der Waals surface area contributed by atoms with E-state index in [-0.39, 0.29) is 22.8 Å². The third-order valence-electron chi connectivity index (χ3n) is 3.76. The molecule has 0 aliphatic heterocycles. The Kier molecular flexibility index (Phi) is 7.29. The number of ether oxygens (including phenoxy) is 1. The quantitative estimate of drug-likeness (QED) is 0.412. The van der Waals surface area contributed by atoms with Gasteiger partial charge in [-0.3, -0.25) is 4.79 Å². The summed E-state index contributed by atoms with van der Waals surface area (Å²) in [5.41, 5.74) is 1.58. The van der Waals surface area contributed by atoms with Crippen molar-refractivity contribution in [2.75, 3.05) is 11.1 Å². The van der Waals surface area contributed by atoms with Gasteiger partial charge in [-0.2, -0.15) is 0 Å². The molecule has 3 rings (SSSR count). The Hall–Kier alpha value is -1.93. The molecular weight excluding hydrogens is 457 g/mol. The van der Waals surface area contributed by atoms with Crippen molar-refractivity contribution < 1.29 is 13.9 Å². The lowest BCUT2D eigenvalue weighted by Gasteiger charge is -2.12. The highest BCUT2D eigenvalue weighted by Crippen LogP contribution is 2.31. The number of carbonyl (C=O) groups excluding carboxylic acids is 1. The maximum absolute atomic E-state index is 12.2. The van der Waals surface area contributed by atoms with Gasteiger partial charge in [0.1, 0.15) is 5.75 Å². The first-order chi connectivity index (χ1) is 13.8. The molecule has 1 heterocycles. The van der Waals surface area contributed by atoms with E-state index in [4.69, 9.17) is 44.0 Å². The summed E-state index contributed by atoms with van der Waals surface area (Å²) < 4.78 is 11.3. The number of hydrogen-bond acceptors (Lipinski definition) is 6. The Balaban J connectivity index is 1.54. The Morgan fingerprint density at radius 3 is 2.62 bits per heavy atom. The Morgan fingerprint density at radius 1 is 1.17 bits per heavy atom. The summed E-state index contributed by atoms with van der Waals surface area (Å²) in [6.45, 7) is 3.62. The lowest BCUT2D eigenvalue weighted by molar-refractivity contribution is -0.113. The summed E-state index contributed by atoms with van der Waals surface area (Å²) in [6.07, 6.45) is -0.527. The van der Waals surface area contributed by atoms with E-state index >= 15 is 0 Å². The highest BCUT2D eigenvalue weighted by Gasteiger charge is 2.18. The van der Waals surface area contributed by atoms with Crippen molar-refractivity contribution in [2.24, 2.45) is 0 Å². The number of halogens is 3. The molecule has 0 saturated carbocycles. The van der Waals surface area contributed by atoms with Crippen LogP contribution in [0.25, 0.3) is 0 Å². The van der Waals surface area contributed by atoms with Crippen LogP contribution >= 0.6 is 46.6 Å². The fraction of sp³-hybridized carbons (Fsp3) is 0.211. The zero-order valence-corrected chi connectivity index (χ0v) is 18.5. The molecule has 10 heteroatoms. The van der Waals surface area contributed by atoms with E-state index in [9.17, 15) is 4.79 Å². The van der Waals surface area contributed by atoms with Crippen LogP contribution in [0, 0.1) is 6.92 Å². The number of nitrogens with one attached hydrogen (secondary N) is 1. The second-order valence-electron chi connectivity index (χ2n) is 6.04. The molecule has 1 atom stereocenters. The van der Waals surface area contributed by atoms with Gasteiger partial charge < -0.3 is 14.5 Å². The van der Waals surface area contributed by atoms with Crippen LogP contribution in [-0.2, 0) is 4.79 Å². The van der Waals surface area contributed by atoms with Crippen LogP contribution in [0.1, 0.15) is 24.5 Å². The summed E-state index contributed by atoms with van der Waals surface area (Å²) >= 11 is 19.0. The van der Waals surface area contributed by atoms with Crippen LogP contribution in [0.5, 0.6) is 5.75 Å². The average Bonchev–Trinajstić information content (AvgIpc) is 3.14. The second-order valence-corrected chi connectivity index (χ2v) is 8.24. The fourth-order valence-corrected chi connectivity index (χ4v) is 3.58. The monoisotopic (exact) mass is 471 g/mol. The minimum absolute atomic E-state index is 0.113. The van der Waals surface area contributed by atoms with E-state index in [1.54, 1.807) is 43.3 Å². The summed E-state index contributed by atoms with van der Waals surface area (Å²) in [6, 6.07) is 10.2. The Morgan fingerprint density at radius 2 is 1.90 bits per heavy atom. The third-order valence-corrected chi connectivity index (χ3v) is 5.34. The molecule has 3 aromatic rings. The number of hydrogen-bond donors (Lipinski definition) is 1. The molecule has 1 N–H and O–H groups in total. The third kappa shape index (κ3) is 6.02. The molecule has 6 nitrogen and oxygen atoms in total. The molecule has 0 saturated heterocycles. The first kappa shape index (κ1) is 21.8. The van der Waals surface area contributed by atoms with Gasteiger partial charge in [-0.25, -0.2) is 0 Å². The summed E-state index contributed by atoms with van der Waals surface area (Å²) in [5, 5.41) is 12.5. The van der Waals surface area contributed by atoms with E-state index in [0.717, 1.165) is 17.3 Å². The molecule has 0 aliphatic carbocycles. The predicted octanol–water partition coefficient (Wildman–Crippen LogP) is 6.21. The number of aromatic nitrogens is 2. The second kappa shape index (κ2) is 9.71. The standard InChI is InChI=1S/C19H16Cl3N3O3S/c1-10-7-12(20)3-5-15(10)23-17(26)9-29-19-25-24-18(28-19)11(2)27-16-6-4-13(21)8-14(16)22/h3-8,11H,9H2,1-2H3,(H,23,26)/t11-/m0/s1. The Labute approximate surface area is 186 Å². The highest BCUT2D eigenvalue weighted by atomic mass is 35.5. The van der Waals surface area contributed by atoms with Crippen molar-refractivity contribution in [1.29, 1.82) is 0 Å². The zero-order chi connectivity index (χ0) is 21.0. The molecule has 1 amide bonds. The van der Waals surface area contributed by atoms with Crippen LogP contribution in [0.15, 0.2) is 46.0 Å². The largest absolute Gasteiger partial charge is 0.479 e. The highest BCUT2D eigenvalue weighted by molar-refractivity contribution is 7.99. The van der Waals surface area contributed by atoms with Gasteiger partial charge in [0.05, 0.1) is 10.8 Å². The number of thioether (sulfide) groups is 1. The van der Waals surface area contributed by atoms with Crippen LogP contribution < -0.4 is 10.1 Å². The van der Waals surface area contributed by atoms with E-state index in [2.05, 4.69) is 15.5 Å². The van der Waals surface area contributed by atoms with Crippen molar-refractivity contribution >= 4 is 58.2 Å². The fourth-order valence-electron chi connectivity index (χ4n) is 2.34. The molecule has 0 radical (unpaired) electrons. The van der Waals surface area contributed by atoms with E-state index in [1.807, 2.05) is 6.92 Å². The summed E-state index contributed by atoms with van der Waals surface area (Å²) in [4.78, 5) is 12.2. The molecule has 152 valence electrons. The van der Waals surface area contributed by atoms with Crippen molar-refractivity contribution in [1.82, 2.24) is 10.2 Å². The van der Waals surface area contributed by atoms with Gasteiger partial charge in [-0.15, -0.1) is 10.2 Å². The van der Waals surface area contributed by atoms with Gasteiger partial charge in [-0.1, -0.05) is 46.6 Å². The number of aryl methyl sites for hydroxylation is 1. The van der Waals surface area contributed by atoms with E-state index in [0.29, 0.717) is 26.5 Å². The van der Waals surface area contributed by atoms with Gasteiger partial charge in [-0.05, 0) is 55.8 Å². The average molecular weight is 473 g/mol. The maximum Gasteiger partial charge on any atom is 0.277 e. The van der Waals surface area contributed by atoms with Gasteiger partial charge in [0, 0.05) is 15.7 Å². The molecule has 29 heavy (non-hydrogen) atoms. The molecule has 1 aromatic heterocycles. The van der Waals surface area contributed by atoms with Crippen LogP contribution in [0.3, 0.4) is 0 Å². The van der Waals surface area contributed by atoms with Crippen LogP contribution in [0.2, 0.25) is 15.1 Å². The number of rotatable bonds is 7. The number of anilines is 1. The van der Waals surface area contributed by atoms with Crippen LogP contribution in [-0.4, -0.2) is 21.9 Å². The molecule has 0 aliphatic rings. The molecule has 0 unspecified atom stereocenters. The molecule has 0 fully saturated rings. The topological polar surface area (TPSA) is 77.2 Å². The SMILES string of the molecule is Cc1cc(Cl)ccc1NC(=O)CSc1nnc([C@H](C)Oc2ccc(Cl)cc2Cl)o1. The number of amides is 1. The maximum atomic E-state index is 12.2. The van der Waals surface area contributed by atoms with Crippen molar-refractivity contribution in [3.63, 3.8) is 0 Å². The van der Waals surface area contributed by atoms with Gasteiger partial charge in [0.25, 0.3) is 11.1 Å². The molecule has 0 bridgehead atoms. The van der Waals surface area contributed by atoms with E-state index < -0.39 is 6.10 Å². The van der Waals surface area contributed by atoms with Crippen LogP contribution in [0.4, 0.5) is 5.69 Å². The Bertz CT molecular complexity index is 1030. The van der Waals surface area contributed by atoms with Crippen molar-refractivity contribution in [2.45, 2.75) is 25.2 Å². The molecule has 2 aromatic carbocycles. The first-order valence-corrected chi connectivity index (χ1v) is 10.6. The number of carbonyl (C=O) groups is 1. The normalized spacial score (nSPS) is 11.9. The first-order valence-electron chi connectivity index (χ1n) is 8.45. The predicted molar refractivity (Wildman–Crippen MR) is 115 cm³/mol. The van der Waals surface area contributed by atoms with Crippen molar-refractivity contribution in [3.05, 3.63) is 62.9 Å². The lowest BCUT2D eigenvalue weighted by Crippen LogP contribution is -2.14. The summed E-state index contributed by atoms with van der Waals surface area (Å²) in [5.74, 6) is 0.639. The minimum atomic E-state index is -0.527. The smallest absolute Gasteiger partial charge is 0.277 e. The van der Waals surface area contributed by atoms with E-state index in [1.165, 1.54) is 0 Å². The zero-order valence-electron chi connectivity index (χ0n) is 15.4. The summed E-state index contributed by atoms with van der Waals surface area (Å²) in [7, 11) is 0. The molecule has 0 spiro atoms. The van der Waals surface area contributed by atoms with Gasteiger partial charge in [0.2, 0.25) is 5.91 Å². The lowest BCUT2D eigenvalue weighted by atomic mass is 10.2. The number of nitrogens with zero attached hydrogens (tertiary/aromatic N) is 2.